The lowest BCUT2D eigenvalue weighted by molar-refractivity contribution is 0.0664. The summed E-state index contributed by atoms with van der Waals surface area (Å²) < 4.78 is 5.61. The minimum absolute atomic E-state index is 0.278. The monoisotopic (exact) mass is 203 g/mol. The highest BCUT2D eigenvalue weighted by molar-refractivity contribution is 5.83. The lowest BCUT2D eigenvalue weighted by Gasteiger charge is -2.06. The first-order chi connectivity index (χ1) is 7.16. The summed E-state index contributed by atoms with van der Waals surface area (Å²) in [4.78, 5) is 3.26. The molecule has 0 saturated heterocycles. The molecule has 15 heavy (non-hydrogen) atoms. The number of fused-ring (bicyclic) bond motifs is 1. The van der Waals surface area contributed by atoms with Gasteiger partial charge in [0.2, 0.25) is 0 Å². The number of hydrogen-bond acceptors (Lipinski definition) is 1. The van der Waals surface area contributed by atoms with Gasteiger partial charge in [-0.3, -0.25) is 0 Å². The van der Waals surface area contributed by atoms with E-state index in [9.17, 15) is 0 Å². The molecule has 0 radical (unpaired) electrons. The number of nitrogens with one attached hydrogen (secondary N) is 1. The van der Waals surface area contributed by atoms with Crippen LogP contribution in [0.5, 0.6) is 0 Å². The van der Waals surface area contributed by atoms with Crippen LogP contribution < -0.4 is 0 Å². The molecule has 1 N–H and O–H groups in total. The minimum Gasteiger partial charge on any atom is -0.374 e. The lowest BCUT2D eigenvalue weighted by atomic mass is 10.1. The molecule has 0 saturated carbocycles. The van der Waals surface area contributed by atoms with E-state index in [1.54, 1.807) is 0 Å². The number of rotatable bonds is 3. The number of ether oxygens (including phenoxy) is 1. The zero-order chi connectivity index (χ0) is 10.8. The molecular weight excluding hydrogens is 186 g/mol. The third-order valence-electron chi connectivity index (χ3n) is 2.50. The normalized spacial score (nSPS) is 11.5. The molecule has 80 valence electrons. The summed E-state index contributed by atoms with van der Waals surface area (Å²) >= 11 is 0. The molecule has 0 fully saturated rings. The van der Waals surface area contributed by atoms with Gasteiger partial charge in [-0.05, 0) is 32.9 Å². The van der Waals surface area contributed by atoms with Crippen LogP contribution >= 0.6 is 0 Å². The van der Waals surface area contributed by atoms with E-state index in [1.807, 2.05) is 6.20 Å². The first-order valence-corrected chi connectivity index (χ1v) is 5.35. The number of benzene rings is 1. The maximum atomic E-state index is 5.61. The van der Waals surface area contributed by atoms with Crippen molar-refractivity contribution in [2.45, 2.75) is 33.5 Å². The molecule has 0 bridgehead atoms. The molecule has 2 aromatic rings. The number of aryl methyl sites for hydroxylation is 1. The molecule has 0 atom stereocenters. The molecule has 2 heteroatoms. The Morgan fingerprint density at radius 3 is 2.87 bits per heavy atom. The maximum Gasteiger partial charge on any atom is 0.0741 e. The fourth-order valence-corrected chi connectivity index (χ4v) is 1.67. The van der Waals surface area contributed by atoms with E-state index in [-0.39, 0.29) is 6.10 Å². The summed E-state index contributed by atoms with van der Waals surface area (Å²) in [5.74, 6) is 0. The molecule has 0 aliphatic rings. The third kappa shape index (κ3) is 2.21. The van der Waals surface area contributed by atoms with E-state index < -0.39 is 0 Å². The predicted octanol–water partition coefficient (Wildman–Crippen LogP) is 3.40. The first kappa shape index (κ1) is 10.2. The van der Waals surface area contributed by atoms with Gasteiger partial charge in [-0.25, -0.2) is 0 Å². The summed E-state index contributed by atoms with van der Waals surface area (Å²) in [6.07, 6.45) is 2.31. The van der Waals surface area contributed by atoms with Crippen LogP contribution in [-0.4, -0.2) is 11.1 Å². The molecule has 1 heterocycles. The number of aromatic amines is 1. The second-order valence-corrected chi connectivity index (χ2v) is 4.22. The molecule has 0 spiro atoms. The van der Waals surface area contributed by atoms with Crippen LogP contribution in [0, 0.1) is 6.92 Å². The van der Waals surface area contributed by atoms with Gasteiger partial charge in [0.25, 0.3) is 0 Å². The van der Waals surface area contributed by atoms with Gasteiger partial charge in [0.15, 0.2) is 0 Å². The number of aromatic nitrogens is 1. The van der Waals surface area contributed by atoms with E-state index in [1.165, 1.54) is 22.0 Å². The van der Waals surface area contributed by atoms with Crippen molar-refractivity contribution < 1.29 is 4.74 Å². The number of H-pyrrole nitrogens is 1. The van der Waals surface area contributed by atoms with Crippen LogP contribution in [-0.2, 0) is 11.3 Å². The van der Waals surface area contributed by atoms with Gasteiger partial charge < -0.3 is 9.72 Å². The topological polar surface area (TPSA) is 25.0 Å². The maximum absolute atomic E-state index is 5.61. The van der Waals surface area contributed by atoms with Crippen LogP contribution in [0.1, 0.15) is 25.0 Å². The van der Waals surface area contributed by atoms with Crippen molar-refractivity contribution in [3.05, 3.63) is 35.5 Å². The highest BCUT2D eigenvalue weighted by Crippen LogP contribution is 2.20. The van der Waals surface area contributed by atoms with Gasteiger partial charge >= 0.3 is 0 Å². The average molecular weight is 203 g/mol. The van der Waals surface area contributed by atoms with Gasteiger partial charge in [0, 0.05) is 22.7 Å². The van der Waals surface area contributed by atoms with E-state index >= 15 is 0 Å². The zero-order valence-electron chi connectivity index (χ0n) is 9.50. The summed E-state index contributed by atoms with van der Waals surface area (Å²) in [5, 5.41) is 1.27. The lowest BCUT2D eigenvalue weighted by Crippen LogP contribution is -2.01. The fourth-order valence-electron chi connectivity index (χ4n) is 1.67. The molecule has 2 nitrogen and oxygen atoms in total. The molecular formula is C13H17NO. The van der Waals surface area contributed by atoms with Crippen molar-refractivity contribution in [2.24, 2.45) is 0 Å². The van der Waals surface area contributed by atoms with Crippen molar-refractivity contribution in [3.8, 4) is 0 Å². The van der Waals surface area contributed by atoms with E-state index in [0.29, 0.717) is 6.61 Å². The van der Waals surface area contributed by atoms with E-state index in [2.05, 4.69) is 44.0 Å². The van der Waals surface area contributed by atoms with Crippen molar-refractivity contribution in [3.63, 3.8) is 0 Å². The number of hydrogen-bond donors (Lipinski definition) is 1. The van der Waals surface area contributed by atoms with Crippen molar-refractivity contribution in [1.82, 2.24) is 4.98 Å². The van der Waals surface area contributed by atoms with Crippen LogP contribution in [0.2, 0.25) is 0 Å². The second-order valence-electron chi connectivity index (χ2n) is 4.22. The van der Waals surface area contributed by atoms with Crippen molar-refractivity contribution in [2.75, 3.05) is 0 Å². The molecule has 0 amide bonds. The average Bonchev–Trinajstić information content (AvgIpc) is 2.57. The largest absolute Gasteiger partial charge is 0.374 e. The van der Waals surface area contributed by atoms with Crippen molar-refractivity contribution in [1.29, 1.82) is 0 Å². The Hall–Kier alpha value is -1.28. The van der Waals surface area contributed by atoms with Crippen LogP contribution in [0.3, 0.4) is 0 Å². The van der Waals surface area contributed by atoms with Crippen molar-refractivity contribution >= 4 is 10.9 Å². The Bertz CT molecular complexity index is 457. The van der Waals surface area contributed by atoms with Gasteiger partial charge in [-0.15, -0.1) is 0 Å². The fraction of sp³-hybridized carbons (Fsp3) is 0.385. The van der Waals surface area contributed by atoms with Crippen LogP contribution in [0.15, 0.2) is 24.4 Å². The smallest absolute Gasteiger partial charge is 0.0741 e. The summed E-state index contributed by atoms with van der Waals surface area (Å²) in [7, 11) is 0. The van der Waals surface area contributed by atoms with Gasteiger partial charge in [0.1, 0.15) is 0 Å². The van der Waals surface area contributed by atoms with E-state index in [4.69, 9.17) is 4.74 Å². The molecule has 0 aliphatic carbocycles. The molecule has 2 rings (SSSR count). The molecule has 0 aliphatic heterocycles. The highest BCUT2D eigenvalue weighted by Gasteiger charge is 2.04. The predicted molar refractivity (Wildman–Crippen MR) is 63.0 cm³/mol. The Morgan fingerprint density at radius 1 is 1.33 bits per heavy atom. The van der Waals surface area contributed by atoms with E-state index in [0.717, 1.165) is 0 Å². The van der Waals surface area contributed by atoms with Gasteiger partial charge in [-0.1, -0.05) is 11.6 Å². The molecule has 0 unspecified atom stereocenters. The highest BCUT2D eigenvalue weighted by atomic mass is 16.5. The Balaban J connectivity index is 2.31. The van der Waals surface area contributed by atoms with Gasteiger partial charge in [0.05, 0.1) is 12.7 Å². The van der Waals surface area contributed by atoms with Gasteiger partial charge in [-0.2, -0.15) is 0 Å². The minimum atomic E-state index is 0.278. The standard InChI is InChI=1S/C13H17NO/c1-9(2)15-8-11-7-14-13-5-4-10(3)6-12(11)13/h4-7,9,14H,8H2,1-3H3. The molecule has 1 aromatic carbocycles. The molecule has 1 aromatic heterocycles. The van der Waals surface area contributed by atoms with Crippen LogP contribution in [0.25, 0.3) is 10.9 Å². The first-order valence-electron chi connectivity index (χ1n) is 5.35. The quantitative estimate of drug-likeness (QED) is 0.812. The summed E-state index contributed by atoms with van der Waals surface area (Å²) in [6.45, 7) is 6.90. The second kappa shape index (κ2) is 4.07. The van der Waals surface area contributed by atoms with Crippen LogP contribution in [0.4, 0.5) is 0 Å². The Kier molecular flexibility index (Phi) is 2.78. The Labute approximate surface area is 90.3 Å². The summed E-state index contributed by atoms with van der Waals surface area (Å²) in [5.41, 5.74) is 3.71. The SMILES string of the molecule is Cc1ccc2[nH]cc(COC(C)C)c2c1. The summed E-state index contributed by atoms with van der Waals surface area (Å²) in [6, 6.07) is 6.43. The third-order valence-corrected chi connectivity index (χ3v) is 2.50. The Morgan fingerprint density at radius 2 is 2.13 bits per heavy atom. The zero-order valence-corrected chi connectivity index (χ0v) is 9.50.